The number of ether oxygens (including phenoxy) is 1. The summed E-state index contributed by atoms with van der Waals surface area (Å²) in [6.07, 6.45) is 0. The highest BCUT2D eigenvalue weighted by Gasteiger charge is 2.30. The van der Waals surface area contributed by atoms with Crippen molar-refractivity contribution < 1.29 is 36.3 Å². The van der Waals surface area contributed by atoms with Gasteiger partial charge in [0.05, 0.1) is 17.9 Å². The molecule has 0 aliphatic heterocycles. The first-order chi connectivity index (χ1) is 15.1. The quantitative estimate of drug-likeness (QED) is 0.534. The average Bonchev–Trinajstić information content (AvgIpc) is 2.74. The topological polar surface area (TPSA) is 180 Å². The van der Waals surface area contributed by atoms with Crippen molar-refractivity contribution in [1.29, 1.82) is 9.56 Å². The summed E-state index contributed by atoms with van der Waals surface area (Å²) in [7, 11) is -3.81. The highest BCUT2D eigenvalue weighted by Crippen LogP contribution is 2.24. The summed E-state index contributed by atoms with van der Waals surface area (Å²) in [5, 5.41) is 8.89. The third-order valence-corrected chi connectivity index (χ3v) is 4.22. The van der Waals surface area contributed by atoms with E-state index in [1.807, 2.05) is 74.5 Å². The summed E-state index contributed by atoms with van der Waals surface area (Å²) in [5.74, 6) is -1.01. The van der Waals surface area contributed by atoms with Crippen molar-refractivity contribution in [1.82, 2.24) is 0 Å². The molecule has 0 amide bonds. The molecule has 0 aromatic heterocycles. The minimum atomic E-state index is -2.61. The van der Waals surface area contributed by atoms with E-state index in [2.05, 4.69) is 0 Å². The van der Waals surface area contributed by atoms with Crippen LogP contribution in [0.2, 0.25) is 0 Å². The van der Waals surface area contributed by atoms with Crippen molar-refractivity contribution in [3.05, 3.63) is 71.8 Å². The highest BCUT2D eigenvalue weighted by molar-refractivity contribution is 7.60. The number of carboxylic acids is 1. The number of hydrogen-bond donors (Lipinski definition) is 3. The van der Waals surface area contributed by atoms with Gasteiger partial charge in [0.2, 0.25) is 0 Å². The molecule has 10 nitrogen and oxygen atoms in total. The van der Waals surface area contributed by atoms with E-state index >= 15 is 0 Å². The zero-order chi connectivity index (χ0) is 26.2. The fourth-order valence-electron chi connectivity index (χ4n) is 2.21. The lowest BCUT2D eigenvalue weighted by Crippen LogP contribution is -2.29. The number of rotatable bonds is 4. The molecular formula is C21H28N2O8S2. The summed E-state index contributed by atoms with van der Waals surface area (Å²) in [6.45, 7) is 7.11. The van der Waals surface area contributed by atoms with Crippen LogP contribution in [0.15, 0.2) is 60.7 Å². The number of carbonyl (C=O) groups excluding carboxylic acids is 1. The van der Waals surface area contributed by atoms with Gasteiger partial charge >= 0.3 is 32.9 Å². The molecule has 12 heteroatoms. The van der Waals surface area contributed by atoms with Gasteiger partial charge in [-0.1, -0.05) is 60.7 Å². The molecule has 0 bridgehead atoms. The summed E-state index contributed by atoms with van der Waals surface area (Å²) in [6, 6.07) is 18.8. The monoisotopic (exact) mass is 500 g/mol. The van der Waals surface area contributed by atoms with Crippen LogP contribution >= 0.6 is 0 Å². The first-order valence-electron chi connectivity index (χ1n) is 9.14. The minimum Gasteiger partial charge on any atom is -0.481 e. The number of carbonyl (C=O) groups is 2. The van der Waals surface area contributed by atoms with Crippen molar-refractivity contribution in [2.24, 2.45) is 0 Å². The Kier molecular flexibility index (Phi) is 14.9. The number of methoxy groups -OCH3 is 1. The predicted octanol–water partition coefficient (Wildman–Crippen LogP) is 3.44. The van der Waals surface area contributed by atoms with Crippen molar-refractivity contribution in [3.8, 4) is 0 Å². The van der Waals surface area contributed by atoms with Gasteiger partial charge in [-0.05, 0) is 38.8 Å². The summed E-state index contributed by atoms with van der Waals surface area (Å²) < 4.78 is 50.4. The van der Waals surface area contributed by atoms with Crippen LogP contribution < -0.4 is 0 Å². The number of benzene rings is 2. The molecule has 2 rings (SSSR count). The molecule has 0 atom stereocenters. The van der Waals surface area contributed by atoms with Crippen molar-refractivity contribution in [2.45, 2.75) is 38.5 Å². The Morgan fingerprint density at radius 2 is 1.00 bits per heavy atom. The van der Waals surface area contributed by atoms with Crippen LogP contribution in [0, 0.1) is 9.56 Å². The Hall–Kier alpha value is -3.38. The molecule has 0 unspecified atom stereocenters. The van der Waals surface area contributed by atoms with Gasteiger partial charge in [-0.25, -0.2) is 0 Å². The molecule has 0 saturated carbocycles. The van der Waals surface area contributed by atoms with E-state index < -0.39 is 37.8 Å². The van der Waals surface area contributed by atoms with E-state index in [1.54, 1.807) is 13.8 Å². The molecule has 0 aliphatic rings. The molecule has 2 aromatic rings. The van der Waals surface area contributed by atoms with Gasteiger partial charge in [0.25, 0.3) is 0 Å². The van der Waals surface area contributed by atoms with Crippen LogP contribution in [0.3, 0.4) is 0 Å². The highest BCUT2D eigenvalue weighted by atomic mass is 32.2. The predicted molar refractivity (Wildman–Crippen MR) is 122 cm³/mol. The van der Waals surface area contributed by atoms with Gasteiger partial charge in [0.1, 0.15) is 0 Å². The summed E-state index contributed by atoms with van der Waals surface area (Å²) in [5.41, 5.74) is 0.455. The van der Waals surface area contributed by atoms with E-state index in [1.165, 1.54) is 7.11 Å². The third kappa shape index (κ3) is 13.6. The Balaban J connectivity index is 0. The van der Waals surface area contributed by atoms with Gasteiger partial charge in [-0.2, -0.15) is 26.4 Å². The number of esters is 1. The summed E-state index contributed by atoms with van der Waals surface area (Å²) in [4.78, 5) is 22.2. The Bertz CT molecular complexity index is 1060. The van der Waals surface area contributed by atoms with Crippen LogP contribution in [0.4, 0.5) is 0 Å². The van der Waals surface area contributed by atoms with Gasteiger partial charge in [-0.15, -0.1) is 0 Å². The van der Waals surface area contributed by atoms with Crippen LogP contribution in [0.1, 0.15) is 38.8 Å². The molecule has 0 saturated heterocycles. The molecule has 182 valence electrons. The van der Waals surface area contributed by atoms with E-state index in [0.29, 0.717) is 0 Å². The zero-order valence-corrected chi connectivity index (χ0v) is 20.5. The van der Waals surface area contributed by atoms with Crippen LogP contribution in [0.25, 0.3) is 0 Å². The van der Waals surface area contributed by atoms with Gasteiger partial charge in [-0.3, -0.25) is 9.59 Å². The zero-order valence-electron chi connectivity index (χ0n) is 18.9. The molecule has 0 radical (unpaired) electrons. The molecule has 0 spiro atoms. The maximum absolute atomic E-state index is 11.4. The molecule has 2 aromatic carbocycles. The maximum Gasteiger partial charge on any atom is 0.315 e. The van der Waals surface area contributed by atoms with Crippen molar-refractivity contribution in [3.63, 3.8) is 0 Å². The number of carboxylic acid groups (broad SMARTS) is 1. The van der Waals surface area contributed by atoms with Crippen molar-refractivity contribution >= 4 is 32.9 Å². The lowest BCUT2D eigenvalue weighted by Gasteiger charge is -2.21. The molecule has 33 heavy (non-hydrogen) atoms. The molecular weight excluding hydrogens is 472 g/mol. The Morgan fingerprint density at radius 1 is 0.727 bits per heavy atom. The van der Waals surface area contributed by atoms with Crippen molar-refractivity contribution in [2.75, 3.05) is 7.11 Å². The normalized spacial score (nSPS) is 9.85. The molecule has 0 heterocycles. The number of aliphatic carboxylic acids is 1. The second kappa shape index (κ2) is 15.4. The van der Waals surface area contributed by atoms with Gasteiger partial charge in [0, 0.05) is 0 Å². The second-order valence-electron chi connectivity index (χ2n) is 7.25. The second-order valence-corrected chi connectivity index (χ2v) is 8.19. The molecule has 3 N–H and O–H groups in total. The summed E-state index contributed by atoms with van der Waals surface area (Å²) >= 11 is 0. The van der Waals surface area contributed by atoms with E-state index in [4.69, 9.17) is 36.2 Å². The fourth-order valence-corrected chi connectivity index (χ4v) is 2.21. The third-order valence-electron chi connectivity index (χ3n) is 4.22. The maximum atomic E-state index is 11.4. The average molecular weight is 501 g/mol. The van der Waals surface area contributed by atoms with E-state index in [9.17, 15) is 9.59 Å². The minimum absolute atomic E-state index is 0.210. The first-order valence-corrected chi connectivity index (χ1v) is 11.3. The molecule has 0 fully saturated rings. The Morgan fingerprint density at radius 3 is 1.24 bits per heavy atom. The Labute approximate surface area is 196 Å². The fraction of sp³-hybridized carbons (Fsp3) is 0.333. The van der Waals surface area contributed by atoms with E-state index in [-0.39, 0.29) is 5.97 Å². The first kappa shape index (κ1) is 31.8. The number of hydrogen-bond acceptors (Lipinski definition) is 9. The van der Waals surface area contributed by atoms with Gasteiger partial charge in [0.15, 0.2) is 0 Å². The number of nitrogens with one attached hydrogen (secondary N) is 2. The largest absolute Gasteiger partial charge is 0.481 e. The lowest BCUT2D eigenvalue weighted by molar-refractivity contribution is -0.146. The molecule has 0 aliphatic carbocycles. The van der Waals surface area contributed by atoms with Gasteiger partial charge < -0.3 is 9.84 Å². The van der Waals surface area contributed by atoms with E-state index in [0.717, 1.165) is 11.1 Å². The smallest absolute Gasteiger partial charge is 0.315 e. The van der Waals surface area contributed by atoms with Crippen LogP contribution in [-0.2, 0) is 46.2 Å². The SMILES string of the molecule is CC(C)(C(=O)O)c1ccccc1.COC(=O)C(C)(C)c1ccccc1.N=S(=O)=O.N=S(=O)=O. The van der Waals surface area contributed by atoms with Crippen LogP contribution in [-0.4, -0.2) is 41.0 Å². The standard InChI is InChI=1S/C11H14O2.C10H12O2.2HNO2S/c1-11(2,10(12)13-3)9-7-5-4-6-8-9;1-10(2,9(11)12)8-6-4-3-5-7-8;2*1-4(2)3/h4-8H,1-3H3;3-7H,1-2H3,(H,11,12);2*1H. The lowest BCUT2D eigenvalue weighted by atomic mass is 9.85. The van der Waals surface area contributed by atoms with Crippen LogP contribution in [0.5, 0.6) is 0 Å².